The zero-order chi connectivity index (χ0) is 15.2. The predicted molar refractivity (Wildman–Crippen MR) is 83.4 cm³/mol. The van der Waals surface area contributed by atoms with E-state index in [9.17, 15) is 9.59 Å². The van der Waals surface area contributed by atoms with Crippen molar-refractivity contribution in [2.75, 3.05) is 18.8 Å². The summed E-state index contributed by atoms with van der Waals surface area (Å²) in [4.78, 5) is 23.7. The fourth-order valence-electron chi connectivity index (χ4n) is 2.09. The lowest BCUT2D eigenvalue weighted by atomic mass is 10.1. The van der Waals surface area contributed by atoms with Crippen LogP contribution in [0.3, 0.4) is 0 Å². The Labute approximate surface area is 122 Å². The van der Waals surface area contributed by atoms with Gasteiger partial charge in [-0.05, 0) is 18.5 Å². The summed E-state index contributed by atoms with van der Waals surface area (Å²) in [6.07, 6.45) is 0.912. The number of nitrogens with one attached hydrogen (secondary N) is 1. The zero-order valence-electron chi connectivity index (χ0n) is 12.1. The highest BCUT2D eigenvalue weighted by Crippen LogP contribution is 1.97. The molecule has 0 saturated heterocycles. The van der Waals surface area contributed by atoms with Gasteiger partial charge in [-0.1, -0.05) is 30.3 Å². The molecule has 6 heteroatoms. The van der Waals surface area contributed by atoms with Gasteiger partial charge < -0.3 is 11.1 Å². The number of benzene rings is 1. The Morgan fingerprint density at radius 2 is 1.86 bits per heavy atom. The van der Waals surface area contributed by atoms with Gasteiger partial charge in [-0.3, -0.25) is 13.9 Å². The summed E-state index contributed by atoms with van der Waals surface area (Å²) in [7, 11) is 1.55. The van der Waals surface area contributed by atoms with Crippen LogP contribution in [0.1, 0.15) is 5.56 Å². The van der Waals surface area contributed by atoms with E-state index in [-0.39, 0.29) is 17.1 Å². The molecule has 2 aromatic rings. The van der Waals surface area contributed by atoms with Crippen LogP contribution in [-0.2, 0) is 20.0 Å². The van der Waals surface area contributed by atoms with Crippen molar-refractivity contribution in [1.29, 1.82) is 0 Å². The quantitative estimate of drug-likeness (QED) is 0.731. The van der Waals surface area contributed by atoms with Crippen molar-refractivity contribution in [3.8, 4) is 0 Å². The summed E-state index contributed by atoms with van der Waals surface area (Å²) >= 11 is 0. The standard InChI is InChI=1S/C15H20N4O2/c1-18-13(16)11-14(20)19(15(18)21)10-9-17-8-7-12-5-3-2-4-6-12/h2-6,11,17H,7-10,16H2,1H3. The molecule has 1 heterocycles. The molecule has 21 heavy (non-hydrogen) atoms. The predicted octanol–water partition coefficient (Wildman–Crippen LogP) is -0.0385. The van der Waals surface area contributed by atoms with Crippen LogP contribution in [0.15, 0.2) is 46.0 Å². The average Bonchev–Trinajstić information content (AvgIpc) is 2.49. The number of anilines is 1. The van der Waals surface area contributed by atoms with Crippen LogP contribution in [0.25, 0.3) is 0 Å². The molecule has 0 aliphatic carbocycles. The van der Waals surface area contributed by atoms with Crippen molar-refractivity contribution < 1.29 is 0 Å². The minimum absolute atomic E-state index is 0.179. The molecule has 0 bridgehead atoms. The Morgan fingerprint density at radius 1 is 1.14 bits per heavy atom. The lowest BCUT2D eigenvalue weighted by molar-refractivity contribution is 0.548. The maximum Gasteiger partial charge on any atom is 0.332 e. The largest absolute Gasteiger partial charge is 0.385 e. The average molecular weight is 288 g/mol. The number of nitrogen functional groups attached to an aromatic ring is 1. The molecule has 0 atom stereocenters. The molecular weight excluding hydrogens is 268 g/mol. The first-order valence-corrected chi connectivity index (χ1v) is 6.90. The first-order valence-electron chi connectivity index (χ1n) is 6.90. The normalized spacial score (nSPS) is 10.7. The molecule has 0 amide bonds. The van der Waals surface area contributed by atoms with Crippen LogP contribution < -0.4 is 22.3 Å². The van der Waals surface area contributed by atoms with E-state index in [1.807, 2.05) is 18.2 Å². The van der Waals surface area contributed by atoms with E-state index in [1.54, 1.807) is 7.05 Å². The number of rotatable bonds is 6. The molecule has 0 fully saturated rings. The van der Waals surface area contributed by atoms with Gasteiger partial charge in [0.15, 0.2) is 0 Å². The lowest BCUT2D eigenvalue weighted by Crippen LogP contribution is -2.41. The highest BCUT2D eigenvalue weighted by Gasteiger charge is 2.05. The Kier molecular flexibility index (Phi) is 4.94. The number of hydrogen-bond acceptors (Lipinski definition) is 4. The fraction of sp³-hybridized carbons (Fsp3) is 0.333. The minimum Gasteiger partial charge on any atom is -0.385 e. The van der Waals surface area contributed by atoms with E-state index in [0.717, 1.165) is 13.0 Å². The Morgan fingerprint density at radius 3 is 2.57 bits per heavy atom. The van der Waals surface area contributed by atoms with Crippen molar-refractivity contribution in [2.45, 2.75) is 13.0 Å². The maximum atomic E-state index is 11.9. The summed E-state index contributed by atoms with van der Waals surface area (Å²) in [6.45, 7) is 1.69. The zero-order valence-corrected chi connectivity index (χ0v) is 12.1. The smallest absolute Gasteiger partial charge is 0.332 e. The van der Waals surface area contributed by atoms with Gasteiger partial charge in [0.05, 0.1) is 0 Å². The minimum atomic E-state index is -0.384. The van der Waals surface area contributed by atoms with Gasteiger partial charge in [-0.15, -0.1) is 0 Å². The third-order valence-corrected chi connectivity index (χ3v) is 3.39. The second kappa shape index (κ2) is 6.90. The summed E-state index contributed by atoms with van der Waals surface area (Å²) in [5, 5.41) is 3.23. The first-order chi connectivity index (χ1) is 10.1. The molecule has 112 valence electrons. The van der Waals surface area contributed by atoms with Gasteiger partial charge in [0.2, 0.25) is 0 Å². The molecular formula is C15H20N4O2. The molecule has 0 spiro atoms. The maximum absolute atomic E-state index is 11.9. The highest BCUT2D eigenvalue weighted by molar-refractivity contribution is 5.25. The first kappa shape index (κ1) is 15.1. The van der Waals surface area contributed by atoms with Crippen molar-refractivity contribution in [3.63, 3.8) is 0 Å². The SMILES string of the molecule is Cn1c(N)cc(=O)n(CCNCCc2ccccc2)c1=O. The van der Waals surface area contributed by atoms with Crippen LogP contribution in [0.2, 0.25) is 0 Å². The second-order valence-electron chi connectivity index (χ2n) is 4.89. The molecule has 0 aliphatic rings. The second-order valence-corrected chi connectivity index (χ2v) is 4.89. The molecule has 1 aromatic carbocycles. The fourth-order valence-corrected chi connectivity index (χ4v) is 2.09. The Balaban J connectivity index is 1.86. The van der Waals surface area contributed by atoms with Gasteiger partial charge in [0, 0.05) is 26.2 Å². The third-order valence-electron chi connectivity index (χ3n) is 3.39. The summed E-state index contributed by atoms with van der Waals surface area (Å²) < 4.78 is 2.46. The number of nitrogens with zero attached hydrogens (tertiary/aromatic N) is 2. The number of nitrogens with two attached hydrogens (primary N) is 1. The van der Waals surface area contributed by atoms with Crippen LogP contribution in [0.4, 0.5) is 5.82 Å². The summed E-state index contributed by atoms with van der Waals surface area (Å²) in [5.41, 5.74) is 6.08. The van der Waals surface area contributed by atoms with Gasteiger partial charge in [0.1, 0.15) is 5.82 Å². The van der Waals surface area contributed by atoms with E-state index in [1.165, 1.54) is 20.8 Å². The van der Waals surface area contributed by atoms with Crippen molar-refractivity contribution in [1.82, 2.24) is 14.5 Å². The van der Waals surface area contributed by atoms with Crippen molar-refractivity contribution >= 4 is 5.82 Å². The molecule has 2 rings (SSSR count). The van der Waals surface area contributed by atoms with Crippen LogP contribution in [0, 0.1) is 0 Å². The van der Waals surface area contributed by atoms with Crippen molar-refractivity contribution in [2.24, 2.45) is 7.05 Å². The van der Waals surface area contributed by atoms with Gasteiger partial charge in [0.25, 0.3) is 5.56 Å². The Hall–Kier alpha value is -2.34. The van der Waals surface area contributed by atoms with Gasteiger partial charge in [-0.2, -0.15) is 0 Å². The molecule has 0 unspecified atom stereocenters. The summed E-state index contributed by atoms with van der Waals surface area (Å²) in [6, 6.07) is 11.4. The topological polar surface area (TPSA) is 82.0 Å². The van der Waals surface area contributed by atoms with E-state index in [4.69, 9.17) is 5.73 Å². The molecule has 3 N–H and O–H groups in total. The lowest BCUT2D eigenvalue weighted by Gasteiger charge is -2.09. The number of hydrogen-bond donors (Lipinski definition) is 2. The number of aromatic nitrogens is 2. The molecule has 0 aliphatic heterocycles. The summed E-state index contributed by atoms with van der Waals surface area (Å²) in [5.74, 6) is 0.179. The molecule has 0 saturated carbocycles. The third kappa shape index (κ3) is 3.82. The monoisotopic (exact) mass is 288 g/mol. The van der Waals surface area contributed by atoms with Gasteiger partial charge in [-0.25, -0.2) is 4.79 Å². The van der Waals surface area contributed by atoms with E-state index < -0.39 is 0 Å². The van der Waals surface area contributed by atoms with Crippen LogP contribution in [0.5, 0.6) is 0 Å². The van der Waals surface area contributed by atoms with Crippen LogP contribution >= 0.6 is 0 Å². The van der Waals surface area contributed by atoms with Crippen molar-refractivity contribution in [3.05, 3.63) is 62.8 Å². The van der Waals surface area contributed by atoms with E-state index >= 15 is 0 Å². The van der Waals surface area contributed by atoms with Crippen LogP contribution in [-0.4, -0.2) is 22.2 Å². The molecule has 0 radical (unpaired) electrons. The van der Waals surface area contributed by atoms with E-state index in [2.05, 4.69) is 17.4 Å². The molecule has 6 nitrogen and oxygen atoms in total. The van der Waals surface area contributed by atoms with E-state index in [0.29, 0.717) is 13.1 Å². The Bertz CT molecular complexity index is 704. The molecule has 1 aromatic heterocycles. The van der Waals surface area contributed by atoms with Gasteiger partial charge >= 0.3 is 5.69 Å². The highest BCUT2D eigenvalue weighted by atomic mass is 16.2.